The Bertz CT molecular complexity index is 127. The third-order valence-corrected chi connectivity index (χ3v) is 2.40. The Morgan fingerprint density at radius 1 is 1.70 bits per heavy atom. The minimum atomic E-state index is 0.619. The Kier molecular flexibility index (Phi) is 2.14. The van der Waals surface area contributed by atoms with Crippen molar-refractivity contribution in [2.75, 3.05) is 13.1 Å². The Balaban J connectivity index is 2.02. The van der Waals surface area contributed by atoms with Gasteiger partial charge in [-0.15, -0.1) is 6.58 Å². The van der Waals surface area contributed by atoms with Crippen molar-refractivity contribution in [3.05, 3.63) is 12.7 Å². The molecule has 1 heteroatoms. The second kappa shape index (κ2) is 2.75. The molecule has 10 heavy (non-hydrogen) atoms. The number of hydrogen-bond donors (Lipinski definition) is 1. The highest BCUT2D eigenvalue weighted by Gasteiger charge is 2.44. The van der Waals surface area contributed by atoms with Gasteiger partial charge in [0.15, 0.2) is 0 Å². The highest BCUT2D eigenvalue weighted by Crippen LogP contribution is 2.50. The van der Waals surface area contributed by atoms with E-state index in [2.05, 4.69) is 25.7 Å². The standard InChI is InChI=1S/C9H17N/c1-4-5-10-7-8-6-9(8,2)3/h4,8,10H,1,5-7H2,2-3H3. The van der Waals surface area contributed by atoms with Gasteiger partial charge in [0, 0.05) is 6.54 Å². The maximum absolute atomic E-state index is 3.65. The molecule has 0 aliphatic heterocycles. The van der Waals surface area contributed by atoms with E-state index in [1.54, 1.807) is 0 Å². The molecule has 0 amide bonds. The Labute approximate surface area is 63.5 Å². The van der Waals surface area contributed by atoms with Crippen LogP contribution in [-0.4, -0.2) is 13.1 Å². The van der Waals surface area contributed by atoms with Crippen LogP contribution in [0.1, 0.15) is 20.3 Å². The topological polar surface area (TPSA) is 12.0 Å². The molecule has 1 fully saturated rings. The molecule has 1 rings (SSSR count). The quantitative estimate of drug-likeness (QED) is 0.462. The van der Waals surface area contributed by atoms with Crippen LogP contribution in [0, 0.1) is 11.3 Å². The SMILES string of the molecule is C=CCNCC1CC1(C)C. The first kappa shape index (κ1) is 7.80. The van der Waals surface area contributed by atoms with Gasteiger partial charge < -0.3 is 5.32 Å². The maximum atomic E-state index is 3.65. The zero-order valence-corrected chi connectivity index (χ0v) is 6.98. The second-order valence-corrected chi connectivity index (χ2v) is 3.84. The summed E-state index contributed by atoms with van der Waals surface area (Å²) in [4.78, 5) is 0. The normalized spacial score (nSPS) is 28.0. The van der Waals surface area contributed by atoms with E-state index in [4.69, 9.17) is 0 Å². The van der Waals surface area contributed by atoms with E-state index in [1.165, 1.54) is 13.0 Å². The van der Waals surface area contributed by atoms with Gasteiger partial charge >= 0.3 is 0 Å². The van der Waals surface area contributed by atoms with Crippen molar-refractivity contribution in [2.45, 2.75) is 20.3 Å². The zero-order chi connectivity index (χ0) is 7.61. The molecule has 1 atom stereocenters. The van der Waals surface area contributed by atoms with Crippen LogP contribution in [0.25, 0.3) is 0 Å². The first-order valence-electron chi connectivity index (χ1n) is 3.98. The molecule has 0 heterocycles. The summed E-state index contributed by atoms with van der Waals surface area (Å²) in [7, 11) is 0. The van der Waals surface area contributed by atoms with Crippen molar-refractivity contribution < 1.29 is 0 Å². The first-order chi connectivity index (χ1) is 4.67. The van der Waals surface area contributed by atoms with Gasteiger partial charge in [-0.3, -0.25) is 0 Å². The average molecular weight is 139 g/mol. The lowest BCUT2D eigenvalue weighted by Crippen LogP contribution is -2.18. The van der Waals surface area contributed by atoms with Crippen LogP contribution in [0.3, 0.4) is 0 Å². The van der Waals surface area contributed by atoms with Crippen LogP contribution in [0.15, 0.2) is 12.7 Å². The molecule has 1 aliphatic rings. The van der Waals surface area contributed by atoms with Crippen LogP contribution in [0.4, 0.5) is 0 Å². The lowest BCUT2D eigenvalue weighted by atomic mass is 10.1. The van der Waals surface area contributed by atoms with Crippen LogP contribution >= 0.6 is 0 Å². The van der Waals surface area contributed by atoms with Crippen molar-refractivity contribution in [1.29, 1.82) is 0 Å². The summed E-state index contributed by atoms with van der Waals surface area (Å²) in [5, 5.41) is 3.33. The van der Waals surface area contributed by atoms with E-state index in [9.17, 15) is 0 Å². The van der Waals surface area contributed by atoms with Gasteiger partial charge in [0.2, 0.25) is 0 Å². The van der Waals surface area contributed by atoms with Gasteiger partial charge in [0.25, 0.3) is 0 Å². The van der Waals surface area contributed by atoms with Gasteiger partial charge in [-0.25, -0.2) is 0 Å². The Morgan fingerprint density at radius 3 is 2.70 bits per heavy atom. The Hall–Kier alpha value is -0.300. The lowest BCUT2D eigenvalue weighted by molar-refractivity contribution is 0.532. The van der Waals surface area contributed by atoms with Crippen LogP contribution in [0.5, 0.6) is 0 Å². The van der Waals surface area contributed by atoms with Crippen LogP contribution in [-0.2, 0) is 0 Å². The molecule has 1 N–H and O–H groups in total. The summed E-state index contributed by atoms with van der Waals surface area (Å²) in [6, 6.07) is 0. The molecule has 1 unspecified atom stereocenters. The van der Waals surface area contributed by atoms with Gasteiger partial charge in [-0.1, -0.05) is 19.9 Å². The summed E-state index contributed by atoms with van der Waals surface area (Å²) in [5.74, 6) is 0.910. The fourth-order valence-corrected chi connectivity index (χ4v) is 1.28. The third kappa shape index (κ3) is 1.84. The fraction of sp³-hybridized carbons (Fsp3) is 0.778. The van der Waals surface area contributed by atoms with Gasteiger partial charge in [0.1, 0.15) is 0 Å². The lowest BCUT2D eigenvalue weighted by Gasteiger charge is -2.02. The van der Waals surface area contributed by atoms with E-state index in [0.717, 1.165) is 12.5 Å². The molecule has 0 aromatic carbocycles. The molecule has 0 spiro atoms. The molecule has 1 saturated carbocycles. The molecule has 0 bridgehead atoms. The fourth-order valence-electron chi connectivity index (χ4n) is 1.28. The highest BCUT2D eigenvalue weighted by atomic mass is 14.9. The molecule has 0 aromatic rings. The summed E-state index contributed by atoms with van der Waals surface area (Å²) >= 11 is 0. The number of hydrogen-bond acceptors (Lipinski definition) is 1. The molecule has 0 radical (unpaired) electrons. The van der Waals surface area contributed by atoms with Crippen LogP contribution in [0.2, 0.25) is 0 Å². The highest BCUT2D eigenvalue weighted by molar-refractivity contribution is 4.96. The van der Waals surface area contributed by atoms with E-state index in [-0.39, 0.29) is 0 Å². The van der Waals surface area contributed by atoms with Crippen molar-refractivity contribution in [1.82, 2.24) is 5.32 Å². The van der Waals surface area contributed by atoms with Gasteiger partial charge in [0.05, 0.1) is 0 Å². The Morgan fingerprint density at radius 2 is 2.30 bits per heavy atom. The van der Waals surface area contributed by atoms with Crippen molar-refractivity contribution in [2.24, 2.45) is 11.3 Å². The molecule has 1 aliphatic carbocycles. The molecule has 0 saturated heterocycles. The molecular weight excluding hydrogens is 122 g/mol. The van der Waals surface area contributed by atoms with Crippen LogP contribution < -0.4 is 5.32 Å². The van der Waals surface area contributed by atoms with E-state index in [1.807, 2.05) is 6.08 Å². The monoisotopic (exact) mass is 139 g/mol. The molecule has 1 nitrogen and oxygen atoms in total. The summed E-state index contributed by atoms with van der Waals surface area (Å²) in [6.45, 7) is 10.4. The minimum absolute atomic E-state index is 0.619. The van der Waals surface area contributed by atoms with E-state index >= 15 is 0 Å². The van der Waals surface area contributed by atoms with E-state index < -0.39 is 0 Å². The second-order valence-electron chi connectivity index (χ2n) is 3.84. The first-order valence-corrected chi connectivity index (χ1v) is 3.98. The summed E-state index contributed by atoms with van der Waals surface area (Å²) in [6.07, 6.45) is 3.30. The van der Waals surface area contributed by atoms with Crippen molar-refractivity contribution in [3.8, 4) is 0 Å². The third-order valence-electron chi connectivity index (χ3n) is 2.40. The van der Waals surface area contributed by atoms with E-state index in [0.29, 0.717) is 5.41 Å². The van der Waals surface area contributed by atoms with Gasteiger partial charge in [-0.05, 0) is 24.3 Å². The van der Waals surface area contributed by atoms with Crippen molar-refractivity contribution >= 4 is 0 Å². The minimum Gasteiger partial charge on any atom is -0.313 e. The maximum Gasteiger partial charge on any atom is 0.0132 e. The molecular formula is C9H17N. The van der Waals surface area contributed by atoms with Gasteiger partial charge in [-0.2, -0.15) is 0 Å². The predicted octanol–water partition coefficient (Wildman–Crippen LogP) is 1.81. The molecule has 58 valence electrons. The average Bonchev–Trinajstić information content (AvgIpc) is 2.41. The summed E-state index contributed by atoms with van der Waals surface area (Å²) in [5.41, 5.74) is 0.619. The largest absolute Gasteiger partial charge is 0.313 e. The number of rotatable bonds is 4. The zero-order valence-electron chi connectivity index (χ0n) is 6.98. The number of nitrogens with one attached hydrogen (secondary N) is 1. The predicted molar refractivity (Wildman–Crippen MR) is 45.0 cm³/mol. The molecule has 0 aromatic heterocycles. The van der Waals surface area contributed by atoms with Crippen molar-refractivity contribution in [3.63, 3.8) is 0 Å². The smallest absolute Gasteiger partial charge is 0.0132 e. The summed E-state index contributed by atoms with van der Waals surface area (Å²) < 4.78 is 0.